The fraction of sp³-hybridized carbons (Fsp3) is 0.250. The topological polar surface area (TPSA) is 20.2 Å². The van der Waals surface area contributed by atoms with Gasteiger partial charge in [-0.1, -0.05) is 0 Å². The van der Waals surface area contributed by atoms with Crippen molar-refractivity contribution in [3.8, 4) is 0 Å². The summed E-state index contributed by atoms with van der Waals surface area (Å²) in [6.07, 6.45) is 1.10. The average Bonchev–Trinajstić information content (AvgIpc) is 2.44. The Labute approximate surface area is 119 Å². The number of hydrogen-bond acceptors (Lipinski definition) is 1. The predicted octanol–water partition coefficient (Wildman–Crippen LogP) is 3.09. The summed E-state index contributed by atoms with van der Waals surface area (Å²) >= 11 is 0.461. The Balaban J connectivity index is 1.74. The average molecular weight is 323 g/mol. The van der Waals surface area contributed by atoms with E-state index in [1.165, 1.54) is 16.6 Å². The third kappa shape index (κ3) is 4.79. The molecule has 0 unspecified atom stereocenters. The van der Waals surface area contributed by atoms with Gasteiger partial charge >= 0.3 is 119 Å². The van der Waals surface area contributed by atoms with Gasteiger partial charge in [0.1, 0.15) is 0 Å². The van der Waals surface area contributed by atoms with Gasteiger partial charge in [-0.3, -0.25) is 0 Å². The summed E-state index contributed by atoms with van der Waals surface area (Å²) in [6, 6.07) is 16.6. The Morgan fingerprint density at radius 3 is 2.58 bits per heavy atom. The first-order chi connectivity index (χ1) is 9.25. The van der Waals surface area contributed by atoms with E-state index in [9.17, 15) is 9.50 Å². The van der Waals surface area contributed by atoms with E-state index in [0.29, 0.717) is 26.9 Å². The molecule has 1 N–H and O–H groups in total. The van der Waals surface area contributed by atoms with Crippen LogP contribution in [0.25, 0.3) is 0 Å². The number of aliphatic hydroxyl groups excluding tert-OH is 1. The maximum absolute atomic E-state index is 13.0. The molecule has 2 rings (SSSR count). The van der Waals surface area contributed by atoms with Gasteiger partial charge < -0.3 is 0 Å². The van der Waals surface area contributed by atoms with Gasteiger partial charge in [0.25, 0.3) is 0 Å². The Kier molecular flexibility index (Phi) is 5.59. The van der Waals surface area contributed by atoms with E-state index in [0.717, 1.165) is 11.7 Å². The van der Waals surface area contributed by atoms with Crippen LogP contribution in [-0.2, 0) is 0 Å². The van der Waals surface area contributed by atoms with Gasteiger partial charge in [-0.15, -0.1) is 0 Å². The number of hydrogen-bond donors (Lipinski definition) is 1. The molecule has 100 valence electrons. The molecule has 0 heterocycles. The molecule has 1 atom stereocenters. The van der Waals surface area contributed by atoms with E-state index in [1.807, 2.05) is 6.07 Å². The van der Waals surface area contributed by atoms with Crippen LogP contribution in [0.1, 0.15) is 24.5 Å². The third-order valence-electron chi connectivity index (χ3n) is 2.87. The second-order valence-electron chi connectivity index (χ2n) is 4.37. The molecule has 0 aliphatic carbocycles. The standard InChI is InChI=1S/C16H17FOSe/c17-14-7-4-6-13(12-14)16(18)10-5-11-19-15-8-2-1-3-9-15/h1-4,6-9,12,16,18H,5,10-11H2/t16-/m1/s1. The molecule has 0 bridgehead atoms. The van der Waals surface area contributed by atoms with E-state index in [-0.39, 0.29) is 5.82 Å². The predicted molar refractivity (Wildman–Crippen MR) is 77.2 cm³/mol. The Hall–Kier alpha value is -1.15. The van der Waals surface area contributed by atoms with E-state index in [1.54, 1.807) is 12.1 Å². The van der Waals surface area contributed by atoms with E-state index in [2.05, 4.69) is 24.3 Å². The van der Waals surface area contributed by atoms with Gasteiger partial charge in [-0.05, 0) is 0 Å². The van der Waals surface area contributed by atoms with Crippen molar-refractivity contribution in [1.82, 2.24) is 0 Å². The van der Waals surface area contributed by atoms with Crippen molar-refractivity contribution >= 4 is 19.4 Å². The maximum atomic E-state index is 13.0. The van der Waals surface area contributed by atoms with Crippen LogP contribution < -0.4 is 4.46 Å². The van der Waals surface area contributed by atoms with Gasteiger partial charge in [-0.25, -0.2) is 0 Å². The van der Waals surface area contributed by atoms with E-state index in [4.69, 9.17) is 0 Å². The molecule has 0 saturated carbocycles. The van der Waals surface area contributed by atoms with Crippen molar-refractivity contribution in [3.05, 3.63) is 66.0 Å². The van der Waals surface area contributed by atoms with Crippen molar-refractivity contribution in [2.45, 2.75) is 24.3 Å². The zero-order valence-corrected chi connectivity index (χ0v) is 12.3. The summed E-state index contributed by atoms with van der Waals surface area (Å²) in [5.41, 5.74) is 0.673. The number of halogens is 1. The summed E-state index contributed by atoms with van der Waals surface area (Å²) in [5.74, 6) is -0.287. The van der Waals surface area contributed by atoms with Crippen molar-refractivity contribution in [3.63, 3.8) is 0 Å². The molecule has 2 aromatic rings. The monoisotopic (exact) mass is 324 g/mol. The molecular weight excluding hydrogens is 306 g/mol. The zero-order valence-electron chi connectivity index (χ0n) is 10.6. The molecule has 0 fully saturated rings. The van der Waals surface area contributed by atoms with Gasteiger partial charge in [0.05, 0.1) is 0 Å². The third-order valence-corrected chi connectivity index (χ3v) is 5.17. The second-order valence-corrected chi connectivity index (χ2v) is 6.83. The Bertz CT molecular complexity index is 501. The summed E-state index contributed by atoms with van der Waals surface area (Å²) in [4.78, 5) is 0. The van der Waals surface area contributed by atoms with Crippen LogP contribution in [-0.4, -0.2) is 20.1 Å². The van der Waals surface area contributed by atoms with Crippen LogP contribution in [0.4, 0.5) is 4.39 Å². The molecule has 0 aliphatic rings. The molecule has 0 aliphatic heterocycles. The molecule has 1 nitrogen and oxygen atoms in total. The summed E-state index contributed by atoms with van der Waals surface area (Å²) < 4.78 is 14.4. The SMILES string of the molecule is O[C@H](CCC[Se]c1ccccc1)c1cccc(F)c1. The minimum absolute atomic E-state index is 0.287. The van der Waals surface area contributed by atoms with Crippen LogP contribution in [0.5, 0.6) is 0 Å². The number of benzene rings is 2. The molecule has 0 aromatic heterocycles. The summed E-state index contributed by atoms with van der Waals surface area (Å²) in [6.45, 7) is 0. The molecular formula is C16H17FOSe. The molecule has 2 aromatic carbocycles. The number of aliphatic hydroxyl groups is 1. The van der Waals surface area contributed by atoms with Crippen LogP contribution in [0, 0.1) is 5.82 Å². The van der Waals surface area contributed by atoms with Crippen molar-refractivity contribution in [2.75, 3.05) is 0 Å². The Morgan fingerprint density at radius 2 is 1.84 bits per heavy atom. The molecule has 19 heavy (non-hydrogen) atoms. The first-order valence-corrected chi connectivity index (χ1v) is 8.44. The van der Waals surface area contributed by atoms with E-state index >= 15 is 0 Å². The summed E-state index contributed by atoms with van der Waals surface area (Å²) in [5, 5.41) is 11.1. The first-order valence-electron chi connectivity index (χ1n) is 6.37. The molecule has 0 amide bonds. The fourth-order valence-corrected chi connectivity index (χ4v) is 3.74. The van der Waals surface area contributed by atoms with Crippen LogP contribution in [0.15, 0.2) is 54.6 Å². The van der Waals surface area contributed by atoms with Gasteiger partial charge in [0.2, 0.25) is 0 Å². The van der Waals surface area contributed by atoms with E-state index < -0.39 is 6.10 Å². The zero-order chi connectivity index (χ0) is 13.5. The minimum atomic E-state index is -0.553. The van der Waals surface area contributed by atoms with Crippen LogP contribution in [0.2, 0.25) is 5.32 Å². The first kappa shape index (κ1) is 14.3. The Morgan fingerprint density at radius 1 is 1.05 bits per heavy atom. The molecule has 0 radical (unpaired) electrons. The van der Waals surface area contributed by atoms with Gasteiger partial charge in [0, 0.05) is 0 Å². The van der Waals surface area contributed by atoms with Crippen molar-refractivity contribution in [1.29, 1.82) is 0 Å². The second kappa shape index (κ2) is 7.44. The quantitative estimate of drug-likeness (QED) is 0.640. The van der Waals surface area contributed by atoms with Gasteiger partial charge in [-0.2, -0.15) is 0 Å². The fourth-order valence-electron chi connectivity index (χ4n) is 1.86. The molecule has 0 spiro atoms. The van der Waals surface area contributed by atoms with Crippen LogP contribution >= 0.6 is 0 Å². The summed E-state index contributed by atoms with van der Waals surface area (Å²) in [7, 11) is 0. The van der Waals surface area contributed by atoms with Crippen LogP contribution in [0.3, 0.4) is 0 Å². The number of rotatable bonds is 6. The van der Waals surface area contributed by atoms with Crippen molar-refractivity contribution < 1.29 is 9.50 Å². The van der Waals surface area contributed by atoms with Gasteiger partial charge in [0.15, 0.2) is 0 Å². The van der Waals surface area contributed by atoms with Crippen molar-refractivity contribution in [2.24, 2.45) is 0 Å². The molecule has 3 heteroatoms. The molecule has 0 saturated heterocycles. The normalized spacial score (nSPS) is 12.3.